The molecule has 0 unspecified atom stereocenters. The molecule has 1 aromatic carbocycles. The number of carboxylic acid groups (broad SMARTS) is 1. The fourth-order valence-electron chi connectivity index (χ4n) is 1.57. The zero-order chi connectivity index (χ0) is 14.7. The molecule has 0 saturated heterocycles. The third-order valence-corrected chi connectivity index (χ3v) is 2.70. The van der Waals surface area contributed by atoms with Gasteiger partial charge in [0.2, 0.25) is 0 Å². The zero-order valence-corrected chi connectivity index (χ0v) is 12.3. The molecule has 5 heteroatoms. The van der Waals surface area contributed by atoms with Crippen molar-refractivity contribution in [3.05, 3.63) is 43.0 Å². The van der Waals surface area contributed by atoms with Gasteiger partial charge in [0, 0.05) is 30.5 Å². The average molecular weight is 304 g/mol. The summed E-state index contributed by atoms with van der Waals surface area (Å²) < 4.78 is 0. The number of benzene rings is 1. The van der Waals surface area contributed by atoms with Gasteiger partial charge in [0.1, 0.15) is 0 Å². The Morgan fingerprint density at radius 3 is 1.95 bits per heavy atom. The maximum absolute atomic E-state index is 10.5. The van der Waals surface area contributed by atoms with Gasteiger partial charge in [-0.25, -0.2) is 0 Å². The van der Waals surface area contributed by atoms with Crippen molar-refractivity contribution in [2.75, 3.05) is 29.7 Å². The van der Waals surface area contributed by atoms with Gasteiger partial charge in [-0.3, -0.25) is 4.79 Å². The van der Waals surface area contributed by atoms with E-state index in [0.717, 1.165) is 24.3 Å². The van der Waals surface area contributed by atoms with Crippen molar-refractivity contribution >= 4 is 34.9 Å². The van der Waals surface area contributed by atoms with E-state index in [2.05, 4.69) is 18.1 Å². The van der Waals surface area contributed by atoms with Crippen LogP contribution in [0, 0.1) is 0 Å². The maximum Gasteiger partial charge on any atom is 0.307 e. The van der Waals surface area contributed by atoms with Crippen LogP contribution in [0.1, 0.15) is 5.56 Å². The van der Waals surface area contributed by atoms with Gasteiger partial charge in [-0.2, -0.15) is 0 Å². The van der Waals surface area contributed by atoms with Crippen LogP contribution in [0.25, 0.3) is 0 Å². The number of hydrogen-bond acceptors (Lipinski definition) is 2. The molecule has 3 nitrogen and oxygen atoms in total. The minimum Gasteiger partial charge on any atom is -0.481 e. The van der Waals surface area contributed by atoms with E-state index in [0.29, 0.717) is 11.8 Å². The predicted octanol–water partition coefficient (Wildman–Crippen LogP) is 3.40. The van der Waals surface area contributed by atoms with Crippen LogP contribution in [0.2, 0.25) is 0 Å². The molecule has 0 spiro atoms. The van der Waals surface area contributed by atoms with Crippen molar-refractivity contribution in [2.45, 2.75) is 6.42 Å². The predicted molar refractivity (Wildman–Crippen MR) is 82.7 cm³/mol. The van der Waals surface area contributed by atoms with Gasteiger partial charge in [0.25, 0.3) is 0 Å². The second-order valence-electron chi connectivity index (χ2n) is 3.60. The van der Waals surface area contributed by atoms with E-state index in [1.807, 2.05) is 24.3 Å². The second kappa shape index (κ2) is 10.7. The molecule has 0 aromatic heterocycles. The summed E-state index contributed by atoms with van der Waals surface area (Å²) in [5.74, 6) is 0.248. The van der Waals surface area contributed by atoms with E-state index in [4.69, 9.17) is 28.3 Å². The van der Waals surface area contributed by atoms with E-state index in [9.17, 15) is 4.79 Å². The molecule has 1 N–H and O–H groups in total. The molecule has 19 heavy (non-hydrogen) atoms. The molecule has 0 aliphatic heterocycles. The van der Waals surface area contributed by atoms with Gasteiger partial charge in [0.15, 0.2) is 0 Å². The second-order valence-corrected chi connectivity index (χ2v) is 4.36. The third kappa shape index (κ3) is 7.09. The first-order valence-corrected chi connectivity index (χ1v) is 6.92. The molecule has 0 aliphatic rings. The smallest absolute Gasteiger partial charge is 0.307 e. The van der Waals surface area contributed by atoms with Crippen LogP contribution < -0.4 is 4.90 Å². The van der Waals surface area contributed by atoms with Crippen LogP contribution in [0.15, 0.2) is 37.4 Å². The van der Waals surface area contributed by atoms with E-state index in [1.165, 1.54) is 0 Å². The van der Waals surface area contributed by atoms with Gasteiger partial charge in [-0.1, -0.05) is 12.1 Å². The van der Waals surface area contributed by atoms with E-state index in [-0.39, 0.29) is 6.42 Å². The van der Waals surface area contributed by atoms with Gasteiger partial charge >= 0.3 is 5.97 Å². The normalized spacial score (nSPS) is 9.37. The highest BCUT2D eigenvalue weighted by Crippen LogP contribution is 2.15. The van der Waals surface area contributed by atoms with Crippen molar-refractivity contribution in [2.24, 2.45) is 0 Å². The molecule has 0 heterocycles. The minimum absolute atomic E-state index is 0.0469. The van der Waals surface area contributed by atoms with Crippen molar-refractivity contribution in [3.8, 4) is 0 Å². The summed E-state index contributed by atoms with van der Waals surface area (Å²) in [7, 11) is 0. The van der Waals surface area contributed by atoms with Gasteiger partial charge < -0.3 is 10.0 Å². The lowest BCUT2D eigenvalue weighted by Gasteiger charge is -2.22. The Labute approximate surface area is 124 Å². The molecular formula is C14H19Cl2NO2. The summed E-state index contributed by atoms with van der Waals surface area (Å²) >= 11 is 11.4. The molecule has 0 fully saturated rings. The highest BCUT2D eigenvalue weighted by Gasteiger charge is 2.06. The first-order chi connectivity index (χ1) is 9.17. The van der Waals surface area contributed by atoms with E-state index >= 15 is 0 Å². The molecule has 0 atom stereocenters. The van der Waals surface area contributed by atoms with Crippen LogP contribution in [-0.2, 0) is 11.2 Å². The lowest BCUT2D eigenvalue weighted by Crippen LogP contribution is -2.27. The van der Waals surface area contributed by atoms with Crippen LogP contribution in [-0.4, -0.2) is 35.9 Å². The highest BCUT2D eigenvalue weighted by molar-refractivity contribution is 6.18. The topological polar surface area (TPSA) is 40.5 Å². The summed E-state index contributed by atoms with van der Waals surface area (Å²) in [5.41, 5.74) is 1.80. The maximum atomic E-state index is 10.5. The highest BCUT2D eigenvalue weighted by atomic mass is 35.5. The zero-order valence-electron chi connectivity index (χ0n) is 10.8. The fraction of sp³-hybridized carbons (Fsp3) is 0.357. The molecular weight excluding hydrogens is 285 g/mol. The van der Waals surface area contributed by atoms with E-state index < -0.39 is 5.97 Å². The number of aliphatic carboxylic acids is 1. The van der Waals surface area contributed by atoms with Crippen molar-refractivity contribution < 1.29 is 9.90 Å². The third-order valence-electron chi connectivity index (χ3n) is 2.37. The molecule has 1 rings (SSSR count). The molecule has 0 saturated carbocycles. The average Bonchev–Trinajstić information content (AvgIpc) is 2.41. The van der Waals surface area contributed by atoms with Gasteiger partial charge in [0.05, 0.1) is 6.42 Å². The summed E-state index contributed by atoms with van der Waals surface area (Å²) in [6, 6.07) is 7.44. The molecule has 0 bridgehead atoms. The van der Waals surface area contributed by atoms with Crippen molar-refractivity contribution in [1.82, 2.24) is 0 Å². The van der Waals surface area contributed by atoms with Gasteiger partial charge in [-0.15, -0.1) is 36.4 Å². The Hall–Kier alpha value is -1.19. The van der Waals surface area contributed by atoms with Crippen LogP contribution >= 0.6 is 23.2 Å². The SMILES string of the molecule is C=C.O=C(O)Cc1ccc(N(CCCl)CCCl)cc1. The van der Waals surface area contributed by atoms with Gasteiger partial charge in [-0.05, 0) is 17.7 Å². The molecule has 0 amide bonds. The number of alkyl halides is 2. The quantitative estimate of drug-likeness (QED) is 0.620. The van der Waals surface area contributed by atoms with Crippen LogP contribution in [0.3, 0.4) is 0 Å². The molecule has 0 radical (unpaired) electrons. The number of anilines is 1. The Morgan fingerprint density at radius 2 is 1.58 bits per heavy atom. The Bertz CT molecular complexity index is 362. The van der Waals surface area contributed by atoms with Crippen LogP contribution in [0.5, 0.6) is 0 Å². The number of carbonyl (C=O) groups is 1. The standard InChI is InChI=1S/C12H15Cl2NO2.C2H4/c13-5-7-15(8-6-14)11-3-1-10(2-4-11)9-12(16)17;1-2/h1-4H,5-9H2,(H,16,17);1-2H2. The van der Waals surface area contributed by atoms with Crippen molar-refractivity contribution in [1.29, 1.82) is 0 Å². The largest absolute Gasteiger partial charge is 0.481 e. The minimum atomic E-state index is -0.823. The number of halogens is 2. The Balaban J connectivity index is 0.00000154. The number of hydrogen-bond donors (Lipinski definition) is 1. The van der Waals surface area contributed by atoms with E-state index in [1.54, 1.807) is 0 Å². The fourth-order valence-corrected chi connectivity index (χ4v) is 1.98. The van der Waals surface area contributed by atoms with Crippen LogP contribution in [0.4, 0.5) is 5.69 Å². The molecule has 106 valence electrons. The molecule has 0 aliphatic carbocycles. The first kappa shape index (κ1) is 17.8. The lowest BCUT2D eigenvalue weighted by atomic mass is 10.1. The number of nitrogens with zero attached hydrogens (tertiary/aromatic N) is 1. The Kier molecular flexibility index (Phi) is 10.0. The number of rotatable bonds is 7. The summed E-state index contributed by atoms with van der Waals surface area (Å²) in [6.07, 6.45) is 0.0469. The lowest BCUT2D eigenvalue weighted by molar-refractivity contribution is -0.136. The summed E-state index contributed by atoms with van der Waals surface area (Å²) in [5, 5.41) is 8.67. The monoisotopic (exact) mass is 303 g/mol. The first-order valence-electron chi connectivity index (χ1n) is 5.85. The summed E-state index contributed by atoms with van der Waals surface area (Å²) in [4.78, 5) is 12.6. The number of carboxylic acids is 1. The summed E-state index contributed by atoms with van der Waals surface area (Å²) in [6.45, 7) is 7.46. The Morgan fingerprint density at radius 1 is 1.11 bits per heavy atom. The van der Waals surface area contributed by atoms with Crippen molar-refractivity contribution in [3.63, 3.8) is 0 Å². The molecule has 1 aromatic rings.